The van der Waals surface area contributed by atoms with Crippen molar-refractivity contribution in [1.82, 2.24) is 15.2 Å². The molecule has 7 heteroatoms. The molecular weight excluding hydrogens is 359 g/mol. The van der Waals surface area contributed by atoms with Crippen LogP contribution in [0, 0.1) is 5.82 Å². The molecule has 0 radical (unpaired) electrons. The quantitative estimate of drug-likeness (QED) is 0.623. The van der Waals surface area contributed by atoms with Crippen molar-refractivity contribution in [2.24, 2.45) is 12.9 Å². The molecule has 0 fully saturated rings. The van der Waals surface area contributed by atoms with E-state index < -0.39 is 0 Å². The van der Waals surface area contributed by atoms with Gasteiger partial charge in [0.15, 0.2) is 0 Å². The number of halogens is 3. The van der Waals surface area contributed by atoms with Crippen LogP contribution in [-0.4, -0.2) is 9.78 Å². The van der Waals surface area contributed by atoms with Gasteiger partial charge in [0.05, 0.1) is 22.5 Å². The molecule has 2 rings (SSSR count). The second kappa shape index (κ2) is 6.87. The monoisotopic (exact) mass is 374 g/mol. The van der Waals surface area contributed by atoms with Gasteiger partial charge in [0.2, 0.25) is 0 Å². The number of hydrazine groups is 1. The highest BCUT2D eigenvalue weighted by atomic mass is 79.9. The van der Waals surface area contributed by atoms with Gasteiger partial charge in [-0.25, -0.2) is 4.39 Å². The standard InChI is InChI=1S/C14H17BrClFN4/c1-3-11-14(16)13(21(2)20-11)7-12(19-18)9-5-4-8(17)6-10(9)15/h4-6,12,19H,3,7,18H2,1-2H3. The zero-order valence-electron chi connectivity index (χ0n) is 11.8. The van der Waals surface area contributed by atoms with Crippen molar-refractivity contribution >= 4 is 27.5 Å². The summed E-state index contributed by atoms with van der Waals surface area (Å²) in [5, 5.41) is 5.06. The van der Waals surface area contributed by atoms with Gasteiger partial charge >= 0.3 is 0 Å². The Bertz CT molecular complexity index is 644. The molecule has 4 nitrogen and oxygen atoms in total. The Morgan fingerprint density at radius 1 is 1.52 bits per heavy atom. The van der Waals surface area contributed by atoms with Crippen molar-refractivity contribution in [1.29, 1.82) is 0 Å². The number of nitrogens with zero attached hydrogens (tertiary/aromatic N) is 2. The van der Waals surface area contributed by atoms with E-state index in [0.29, 0.717) is 15.9 Å². The first-order valence-corrected chi connectivity index (χ1v) is 7.76. The first-order valence-electron chi connectivity index (χ1n) is 6.59. The van der Waals surface area contributed by atoms with Crippen LogP contribution in [0.1, 0.15) is 29.9 Å². The number of rotatable bonds is 5. The van der Waals surface area contributed by atoms with Gasteiger partial charge in [0, 0.05) is 17.9 Å². The Labute approximate surface area is 136 Å². The van der Waals surface area contributed by atoms with Crippen molar-refractivity contribution in [3.8, 4) is 0 Å². The second-order valence-corrected chi connectivity index (χ2v) is 6.01. The molecule has 1 atom stereocenters. The molecule has 1 aromatic heterocycles. The molecule has 0 aliphatic heterocycles. The normalized spacial score (nSPS) is 12.7. The highest BCUT2D eigenvalue weighted by Crippen LogP contribution is 2.29. The average molecular weight is 376 g/mol. The molecule has 2 aromatic rings. The third-order valence-corrected chi connectivity index (χ3v) is 4.56. The summed E-state index contributed by atoms with van der Waals surface area (Å²) < 4.78 is 15.6. The predicted octanol–water partition coefficient (Wildman–Crippen LogP) is 3.28. The first-order chi connectivity index (χ1) is 9.97. The second-order valence-electron chi connectivity index (χ2n) is 4.77. The number of nitrogens with one attached hydrogen (secondary N) is 1. The van der Waals surface area contributed by atoms with Crippen molar-refractivity contribution in [3.05, 3.63) is 50.5 Å². The van der Waals surface area contributed by atoms with Crippen LogP contribution >= 0.6 is 27.5 Å². The molecule has 0 amide bonds. The van der Waals surface area contributed by atoms with Gasteiger partial charge < -0.3 is 0 Å². The van der Waals surface area contributed by atoms with E-state index in [4.69, 9.17) is 17.4 Å². The van der Waals surface area contributed by atoms with Gasteiger partial charge in [-0.1, -0.05) is 40.5 Å². The first kappa shape index (κ1) is 16.4. The minimum absolute atomic E-state index is 0.197. The van der Waals surface area contributed by atoms with Gasteiger partial charge in [-0.15, -0.1) is 0 Å². The lowest BCUT2D eigenvalue weighted by Gasteiger charge is -2.18. The zero-order chi connectivity index (χ0) is 15.6. The number of benzene rings is 1. The fraction of sp³-hybridized carbons (Fsp3) is 0.357. The molecule has 0 aliphatic carbocycles. The smallest absolute Gasteiger partial charge is 0.124 e. The van der Waals surface area contributed by atoms with E-state index in [2.05, 4.69) is 26.5 Å². The van der Waals surface area contributed by atoms with Gasteiger partial charge in [-0.05, 0) is 24.1 Å². The number of nitrogens with two attached hydrogens (primary N) is 1. The third-order valence-electron chi connectivity index (χ3n) is 3.44. The lowest BCUT2D eigenvalue weighted by Crippen LogP contribution is -2.30. The van der Waals surface area contributed by atoms with Crippen molar-refractivity contribution in [3.63, 3.8) is 0 Å². The van der Waals surface area contributed by atoms with Crippen molar-refractivity contribution in [2.75, 3.05) is 0 Å². The van der Waals surface area contributed by atoms with Gasteiger partial charge in [0.1, 0.15) is 5.82 Å². The van der Waals surface area contributed by atoms with E-state index in [1.165, 1.54) is 12.1 Å². The van der Waals surface area contributed by atoms with Crippen LogP contribution < -0.4 is 11.3 Å². The minimum Gasteiger partial charge on any atom is -0.271 e. The molecule has 0 bridgehead atoms. The molecule has 1 aromatic carbocycles. The molecule has 21 heavy (non-hydrogen) atoms. The van der Waals surface area contributed by atoms with E-state index in [1.807, 2.05) is 14.0 Å². The van der Waals surface area contributed by atoms with Crippen LogP contribution in [0.15, 0.2) is 22.7 Å². The summed E-state index contributed by atoms with van der Waals surface area (Å²) in [6, 6.07) is 4.33. The minimum atomic E-state index is -0.298. The lowest BCUT2D eigenvalue weighted by atomic mass is 10.0. The zero-order valence-corrected chi connectivity index (χ0v) is 14.2. The molecule has 114 valence electrons. The summed E-state index contributed by atoms with van der Waals surface area (Å²) in [5.74, 6) is 5.36. The highest BCUT2D eigenvalue weighted by Gasteiger charge is 2.20. The van der Waals surface area contributed by atoms with Crippen LogP contribution in [0.5, 0.6) is 0 Å². The molecule has 0 aliphatic rings. The Hall–Kier alpha value is -0.950. The number of hydrogen-bond donors (Lipinski definition) is 2. The third kappa shape index (κ3) is 3.45. The van der Waals surface area contributed by atoms with Gasteiger partial charge in [0.25, 0.3) is 0 Å². The van der Waals surface area contributed by atoms with E-state index in [9.17, 15) is 4.39 Å². The molecule has 3 N–H and O–H groups in total. The largest absolute Gasteiger partial charge is 0.271 e. The summed E-state index contributed by atoms with van der Waals surface area (Å²) in [7, 11) is 1.85. The summed E-state index contributed by atoms with van der Waals surface area (Å²) in [4.78, 5) is 0. The summed E-state index contributed by atoms with van der Waals surface area (Å²) in [6.45, 7) is 2.01. The molecule has 0 saturated heterocycles. The maximum atomic E-state index is 13.2. The van der Waals surface area contributed by atoms with Crippen LogP contribution in [0.3, 0.4) is 0 Å². The Morgan fingerprint density at radius 3 is 2.76 bits per heavy atom. The Morgan fingerprint density at radius 2 is 2.24 bits per heavy atom. The average Bonchev–Trinajstić information content (AvgIpc) is 2.72. The molecular formula is C14H17BrClFN4. The summed E-state index contributed by atoms with van der Waals surface area (Å²) in [6.07, 6.45) is 1.33. The highest BCUT2D eigenvalue weighted by molar-refractivity contribution is 9.10. The van der Waals surface area contributed by atoms with Crippen LogP contribution in [0.2, 0.25) is 5.02 Å². The van der Waals surface area contributed by atoms with Crippen LogP contribution in [0.25, 0.3) is 0 Å². The maximum Gasteiger partial charge on any atom is 0.124 e. The van der Waals surface area contributed by atoms with E-state index in [1.54, 1.807) is 10.7 Å². The van der Waals surface area contributed by atoms with Crippen LogP contribution in [0.4, 0.5) is 4.39 Å². The van der Waals surface area contributed by atoms with Crippen molar-refractivity contribution in [2.45, 2.75) is 25.8 Å². The number of aromatic nitrogens is 2. The predicted molar refractivity (Wildman–Crippen MR) is 85.5 cm³/mol. The molecule has 0 saturated carbocycles. The fourth-order valence-electron chi connectivity index (χ4n) is 2.28. The lowest BCUT2D eigenvalue weighted by molar-refractivity contribution is 0.526. The van der Waals surface area contributed by atoms with Crippen LogP contribution in [-0.2, 0) is 19.9 Å². The maximum absolute atomic E-state index is 13.2. The molecule has 0 spiro atoms. The topological polar surface area (TPSA) is 55.9 Å². The number of hydrogen-bond acceptors (Lipinski definition) is 3. The Balaban J connectivity index is 2.33. The van der Waals surface area contributed by atoms with E-state index >= 15 is 0 Å². The van der Waals surface area contributed by atoms with Gasteiger partial charge in [-0.3, -0.25) is 16.0 Å². The summed E-state index contributed by atoms with van der Waals surface area (Å²) >= 11 is 9.73. The molecule has 1 unspecified atom stereocenters. The van der Waals surface area contributed by atoms with E-state index in [-0.39, 0.29) is 11.9 Å². The molecule has 1 heterocycles. The van der Waals surface area contributed by atoms with Gasteiger partial charge in [-0.2, -0.15) is 5.10 Å². The number of aryl methyl sites for hydroxylation is 2. The summed E-state index contributed by atoms with van der Waals surface area (Å²) in [5.41, 5.74) is 5.39. The van der Waals surface area contributed by atoms with E-state index in [0.717, 1.165) is 23.4 Å². The van der Waals surface area contributed by atoms with Crippen molar-refractivity contribution < 1.29 is 4.39 Å². The SMILES string of the molecule is CCc1nn(C)c(CC(NN)c2ccc(F)cc2Br)c1Cl. The Kier molecular flexibility index (Phi) is 5.37. The fourth-order valence-corrected chi connectivity index (χ4v) is 3.28.